The lowest BCUT2D eigenvalue weighted by Crippen LogP contribution is -2.21. The van der Waals surface area contributed by atoms with Gasteiger partial charge in [-0.1, -0.05) is 13.8 Å². The monoisotopic (exact) mass is 256 g/mol. The second kappa shape index (κ2) is 6.07. The first-order valence-electron chi connectivity index (χ1n) is 6.30. The standard InChI is InChI=1S/C13H16N6/c1-3-11(15-4-2)12-6-5-10(8-16-12)19-9-17-13(7-14)18-19/h5-6,8-9,11,15H,3-4H2,1-2H3. The van der Waals surface area contributed by atoms with Crippen LogP contribution in [0.1, 0.15) is 37.8 Å². The molecule has 0 saturated carbocycles. The number of nitriles is 1. The third kappa shape index (κ3) is 2.95. The van der Waals surface area contributed by atoms with Crippen LogP contribution in [0, 0.1) is 11.3 Å². The normalized spacial score (nSPS) is 12.1. The van der Waals surface area contributed by atoms with Gasteiger partial charge in [-0.25, -0.2) is 9.67 Å². The van der Waals surface area contributed by atoms with Gasteiger partial charge < -0.3 is 5.32 Å². The highest BCUT2D eigenvalue weighted by Crippen LogP contribution is 2.15. The third-order valence-electron chi connectivity index (χ3n) is 2.84. The Morgan fingerprint density at radius 1 is 1.37 bits per heavy atom. The van der Waals surface area contributed by atoms with Crippen molar-refractivity contribution in [3.8, 4) is 11.8 Å². The maximum atomic E-state index is 8.69. The minimum atomic E-state index is 0.156. The van der Waals surface area contributed by atoms with E-state index < -0.39 is 0 Å². The Balaban J connectivity index is 2.20. The first-order valence-corrected chi connectivity index (χ1v) is 6.30. The predicted octanol–water partition coefficient (Wildman–Crippen LogP) is 1.59. The zero-order chi connectivity index (χ0) is 13.7. The predicted molar refractivity (Wildman–Crippen MR) is 70.6 cm³/mol. The lowest BCUT2D eigenvalue weighted by atomic mass is 10.1. The highest BCUT2D eigenvalue weighted by Gasteiger charge is 2.09. The second-order valence-corrected chi connectivity index (χ2v) is 4.08. The summed E-state index contributed by atoms with van der Waals surface area (Å²) < 4.78 is 1.55. The van der Waals surface area contributed by atoms with Crippen LogP contribution in [0.4, 0.5) is 0 Å². The molecule has 0 aliphatic carbocycles. The number of aromatic nitrogens is 4. The Kier molecular flexibility index (Phi) is 4.21. The Morgan fingerprint density at radius 3 is 2.74 bits per heavy atom. The van der Waals surface area contributed by atoms with Gasteiger partial charge >= 0.3 is 0 Å². The number of hydrogen-bond donors (Lipinski definition) is 1. The first-order chi connectivity index (χ1) is 9.28. The summed E-state index contributed by atoms with van der Waals surface area (Å²) in [7, 11) is 0. The van der Waals surface area contributed by atoms with Crippen LogP contribution in [0.3, 0.4) is 0 Å². The molecule has 0 spiro atoms. The minimum Gasteiger partial charge on any atom is -0.309 e. The average molecular weight is 256 g/mol. The molecule has 1 N–H and O–H groups in total. The quantitative estimate of drug-likeness (QED) is 0.878. The van der Waals surface area contributed by atoms with E-state index in [2.05, 4.69) is 34.2 Å². The van der Waals surface area contributed by atoms with Gasteiger partial charge in [0.2, 0.25) is 0 Å². The van der Waals surface area contributed by atoms with Crippen LogP contribution in [0.15, 0.2) is 24.7 Å². The van der Waals surface area contributed by atoms with Crippen molar-refractivity contribution in [2.45, 2.75) is 26.3 Å². The molecule has 98 valence electrons. The van der Waals surface area contributed by atoms with Gasteiger partial charge in [0.25, 0.3) is 5.82 Å². The molecule has 0 fully saturated rings. The van der Waals surface area contributed by atoms with E-state index in [1.165, 1.54) is 6.33 Å². The molecule has 0 radical (unpaired) electrons. The van der Waals surface area contributed by atoms with Crippen molar-refractivity contribution in [1.29, 1.82) is 5.26 Å². The van der Waals surface area contributed by atoms with Crippen LogP contribution >= 0.6 is 0 Å². The molecule has 6 nitrogen and oxygen atoms in total. The van der Waals surface area contributed by atoms with Gasteiger partial charge in [-0.15, -0.1) is 5.10 Å². The summed E-state index contributed by atoms with van der Waals surface area (Å²) in [4.78, 5) is 8.31. The van der Waals surface area contributed by atoms with Crippen molar-refractivity contribution in [3.05, 3.63) is 36.2 Å². The fourth-order valence-corrected chi connectivity index (χ4v) is 1.88. The van der Waals surface area contributed by atoms with Crippen LogP contribution in [-0.4, -0.2) is 26.3 Å². The Labute approximate surface area is 112 Å². The van der Waals surface area contributed by atoms with Gasteiger partial charge in [0.15, 0.2) is 0 Å². The summed E-state index contributed by atoms with van der Waals surface area (Å²) in [6.07, 6.45) is 4.24. The fourth-order valence-electron chi connectivity index (χ4n) is 1.88. The smallest absolute Gasteiger partial charge is 0.252 e. The lowest BCUT2D eigenvalue weighted by molar-refractivity contribution is 0.524. The SMILES string of the molecule is CCNC(CC)c1ccc(-n2cnc(C#N)n2)cn1. The minimum absolute atomic E-state index is 0.156. The van der Waals surface area contributed by atoms with E-state index >= 15 is 0 Å². The molecule has 0 aliphatic heterocycles. The topological polar surface area (TPSA) is 79.4 Å². The zero-order valence-electron chi connectivity index (χ0n) is 11.0. The molecule has 0 bridgehead atoms. The van der Waals surface area contributed by atoms with Gasteiger partial charge in [0.05, 0.1) is 17.6 Å². The number of rotatable bonds is 5. The first kappa shape index (κ1) is 13.2. The van der Waals surface area contributed by atoms with Crippen LogP contribution < -0.4 is 5.32 Å². The lowest BCUT2D eigenvalue weighted by Gasteiger charge is -2.15. The molecule has 0 aromatic carbocycles. The molecule has 6 heteroatoms. The van der Waals surface area contributed by atoms with Crippen molar-refractivity contribution in [2.24, 2.45) is 0 Å². The Bertz CT molecular complexity index is 566. The zero-order valence-corrected chi connectivity index (χ0v) is 11.0. The van der Waals surface area contributed by atoms with E-state index in [9.17, 15) is 0 Å². The molecule has 2 aromatic heterocycles. The maximum absolute atomic E-state index is 8.69. The molecule has 2 rings (SSSR count). The van der Waals surface area contributed by atoms with Crippen LogP contribution in [0.25, 0.3) is 5.69 Å². The van der Waals surface area contributed by atoms with Gasteiger partial charge in [-0.2, -0.15) is 5.26 Å². The van der Waals surface area contributed by atoms with Gasteiger partial charge in [-0.3, -0.25) is 4.98 Å². The van der Waals surface area contributed by atoms with Gasteiger partial charge in [0.1, 0.15) is 12.4 Å². The molecule has 19 heavy (non-hydrogen) atoms. The van der Waals surface area contributed by atoms with Gasteiger partial charge in [0, 0.05) is 6.04 Å². The van der Waals surface area contributed by atoms with E-state index in [-0.39, 0.29) is 11.9 Å². The van der Waals surface area contributed by atoms with Crippen molar-refractivity contribution in [3.63, 3.8) is 0 Å². The van der Waals surface area contributed by atoms with Crippen molar-refractivity contribution in [2.75, 3.05) is 6.54 Å². The average Bonchev–Trinajstić information content (AvgIpc) is 2.94. The molecule has 1 atom stereocenters. The Hall–Kier alpha value is -2.26. The van der Waals surface area contributed by atoms with E-state index in [4.69, 9.17) is 5.26 Å². The van der Waals surface area contributed by atoms with Crippen molar-refractivity contribution in [1.82, 2.24) is 25.1 Å². The molecular formula is C13H16N6. The number of nitrogens with zero attached hydrogens (tertiary/aromatic N) is 5. The molecule has 0 amide bonds. The largest absolute Gasteiger partial charge is 0.309 e. The summed E-state index contributed by atoms with van der Waals surface area (Å²) in [6.45, 7) is 5.12. The summed E-state index contributed by atoms with van der Waals surface area (Å²) in [6, 6.07) is 6.07. The molecule has 0 saturated heterocycles. The van der Waals surface area contributed by atoms with Crippen LogP contribution in [-0.2, 0) is 0 Å². The summed E-state index contributed by atoms with van der Waals surface area (Å²) in [5, 5.41) is 16.1. The third-order valence-corrected chi connectivity index (χ3v) is 2.84. The number of nitrogens with one attached hydrogen (secondary N) is 1. The summed E-state index contributed by atoms with van der Waals surface area (Å²) in [5.74, 6) is 0.156. The molecule has 2 aromatic rings. The van der Waals surface area contributed by atoms with E-state index in [0.29, 0.717) is 0 Å². The fraction of sp³-hybridized carbons (Fsp3) is 0.385. The number of hydrogen-bond acceptors (Lipinski definition) is 5. The Morgan fingerprint density at radius 2 is 2.21 bits per heavy atom. The van der Waals surface area contributed by atoms with Crippen LogP contribution in [0.2, 0.25) is 0 Å². The van der Waals surface area contributed by atoms with Crippen molar-refractivity contribution >= 4 is 0 Å². The van der Waals surface area contributed by atoms with Crippen LogP contribution in [0.5, 0.6) is 0 Å². The highest BCUT2D eigenvalue weighted by atomic mass is 15.3. The highest BCUT2D eigenvalue weighted by molar-refractivity contribution is 5.29. The molecule has 1 unspecified atom stereocenters. The molecule has 2 heterocycles. The van der Waals surface area contributed by atoms with Gasteiger partial charge in [-0.05, 0) is 25.1 Å². The maximum Gasteiger partial charge on any atom is 0.252 e. The molecule has 0 aliphatic rings. The summed E-state index contributed by atoms with van der Waals surface area (Å²) >= 11 is 0. The molecular weight excluding hydrogens is 240 g/mol. The number of pyridine rings is 1. The second-order valence-electron chi connectivity index (χ2n) is 4.08. The summed E-state index contributed by atoms with van der Waals surface area (Å²) in [5.41, 5.74) is 1.80. The van der Waals surface area contributed by atoms with E-state index in [0.717, 1.165) is 24.3 Å². The van der Waals surface area contributed by atoms with E-state index in [1.54, 1.807) is 10.9 Å². The van der Waals surface area contributed by atoms with E-state index in [1.807, 2.05) is 18.2 Å². The van der Waals surface area contributed by atoms with Crippen molar-refractivity contribution < 1.29 is 0 Å².